The van der Waals surface area contributed by atoms with Crippen molar-refractivity contribution in [3.63, 3.8) is 0 Å². The van der Waals surface area contributed by atoms with Crippen molar-refractivity contribution in [2.75, 3.05) is 26.2 Å². The van der Waals surface area contributed by atoms with Crippen LogP contribution in [0.3, 0.4) is 0 Å². The molecule has 2 saturated heterocycles. The van der Waals surface area contributed by atoms with E-state index in [1.165, 1.54) is 24.3 Å². The molecule has 10 heteroatoms. The second kappa shape index (κ2) is 10.8. The minimum absolute atomic E-state index is 0.417. The number of hydrogen-bond donors (Lipinski definition) is 2. The minimum Gasteiger partial charge on any atom is -0.445 e. The van der Waals surface area contributed by atoms with E-state index in [-0.39, 0.29) is 0 Å². The summed E-state index contributed by atoms with van der Waals surface area (Å²) in [6, 6.07) is 12.0. The molecule has 0 aromatic heterocycles. The molecule has 0 saturated carbocycles. The first kappa shape index (κ1) is 24.7. The van der Waals surface area contributed by atoms with Crippen molar-refractivity contribution in [2.24, 2.45) is 0 Å². The Morgan fingerprint density at radius 2 is 0.781 bits per heavy atom. The Morgan fingerprint density at radius 3 is 1.09 bits per heavy atom. The van der Waals surface area contributed by atoms with Gasteiger partial charge >= 0.3 is 14.0 Å². The lowest BCUT2D eigenvalue weighted by atomic mass is 9.78. The molecule has 2 aromatic carbocycles. The van der Waals surface area contributed by atoms with Crippen LogP contribution in [-0.4, -0.2) is 40.1 Å². The molecule has 32 heavy (non-hydrogen) atoms. The molecule has 0 unspecified atom stereocenters. The smallest absolute Gasteiger partial charge is 0.445 e. The second-order valence-corrected chi connectivity index (χ2v) is 8.65. The van der Waals surface area contributed by atoms with Crippen LogP contribution >= 0.6 is 0 Å². The highest BCUT2D eigenvalue weighted by Gasteiger charge is 2.33. The van der Waals surface area contributed by atoms with E-state index in [4.69, 9.17) is 0 Å². The van der Waals surface area contributed by atoms with E-state index in [2.05, 4.69) is 0 Å². The van der Waals surface area contributed by atoms with E-state index >= 15 is 0 Å². The average molecular weight is 458 g/mol. The zero-order valence-electron chi connectivity index (χ0n) is 18.1. The summed E-state index contributed by atoms with van der Waals surface area (Å²) < 4.78 is 77.1. The zero-order chi connectivity index (χ0) is 23.2. The molecule has 0 amide bonds. The lowest BCUT2D eigenvalue weighted by Gasteiger charge is -2.28. The van der Waals surface area contributed by atoms with E-state index in [0.717, 1.165) is 74.5 Å². The van der Waals surface area contributed by atoms with Gasteiger partial charge < -0.3 is 35.7 Å². The highest BCUT2D eigenvalue weighted by Crippen LogP contribution is 2.15. The van der Waals surface area contributed by atoms with Gasteiger partial charge in [0.1, 0.15) is 11.4 Å². The van der Waals surface area contributed by atoms with Gasteiger partial charge in [0.15, 0.2) is 0 Å². The zero-order valence-corrected chi connectivity index (χ0v) is 18.1. The number of halogens is 6. The Balaban J connectivity index is 0.000000181. The van der Waals surface area contributed by atoms with Gasteiger partial charge in [-0.1, -0.05) is 36.4 Å². The van der Waals surface area contributed by atoms with Gasteiger partial charge in [-0.05, 0) is 61.6 Å². The maximum Gasteiger partial charge on any atom is 0.515 e. The summed E-state index contributed by atoms with van der Waals surface area (Å²) in [5.74, 6) is 0. The number of nitrogens with one attached hydrogen (secondary N) is 2. The fourth-order valence-corrected chi connectivity index (χ4v) is 4.70. The summed E-state index contributed by atoms with van der Waals surface area (Å²) in [5.41, 5.74) is 0.0446. The largest absolute Gasteiger partial charge is 0.515 e. The third kappa shape index (κ3) is 6.54. The van der Waals surface area contributed by atoms with Crippen LogP contribution in [0, 0.1) is 0 Å². The Bertz CT molecular complexity index is 788. The van der Waals surface area contributed by atoms with Crippen molar-refractivity contribution in [2.45, 2.75) is 38.5 Å². The van der Waals surface area contributed by atoms with Crippen LogP contribution in [0.25, 0.3) is 0 Å². The van der Waals surface area contributed by atoms with Gasteiger partial charge in [-0.3, -0.25) is 0 Å². The highest BCUT2D eigenvalue weighted by atomic mass is 19.4. The third-order valence-electron chi connectivity index (χ3n) is 6.30. The van der Waals surface area contributed by atoms with E-state index < -0.39 is 24.9 Å². The van der Waals surface area contributed by atoms with E-state index in [1.54, 1.807) is 24.3 Å². The van der Waals surface area contributed by atoms with Crippen LogP contribution in [0.2, 0.25) is 0 Å². The van der Waals surface area contributed by atoms with Crippen molar-refractivity contribution in [3.05, 3.63) is 48.5 Å². The van der Waals surface area contributed by atoms with Gasteiger partial charge in [0.05, 0.1) is 26.2 Å². The molecule has 2 nitrogen and oxygen atoms in total. The molecular weight excluding hydrogens is 428 g/mol. The lowest BCUT2D eigenvalue weighted by molar-refractivity contribution is -0.837. The highest BCUT2D eigenvalue weighted by molar-refractivity contribution is 6.75. The summed E-state index contributed by atoms with van der Waals surface area (Å²) in [6.07, 6.45) is 6.37. The Morgan fingerprint density at radius 1 is 0.469 bits per heavy atom. The lowest BCUT2D eigenvalue weighted by Crippen LogP contribution is -3.09. The van der Waals surface area contributed by atoms with Crippen LogP contribution in [0.15, 0.2) is 48.5 Å². The van der Waals surface area contributed by atoms with E-state index in [0.29, 0.717) is 11.4 Å². The average Bonchev–Trinajstić information content (AvgIpc) is 2.80. The van der Waals surface area contributed by atoms with Crippen molar-refractivity contribution < 1.29 is 35.7 Å². The summed E-state index contributed by atoms with van der Waals surface area (Å²) in [6.45, 7) is -6.48. The maximum atomic E-state index is 12.9. The van der Waals surface area contributed by atoms with Crippen LogP contribution in [0.1, 0.15) is 38.5 Å². The molecule has 2 aliphatic heterocycles. The van der Waals surface area contributed by atoms with Crippen molar-refractivity contribution >= 4 is 36.3 Å². The van der Waals surface area contributed by atoms with Gasteiger partial charge in [-0.25, -0.2) is 0 Å². The van der Waals surface area contributed by atoms with Crippen LogP contribution in [-0.2, 0) is 0 Å². The van der Waals surface area contributed by atoms with Crippen molar-refractivity contribution in [1.82, 2.24) is 0 Å². The van der Waals surface area contributed by atoms with Crippen LogP contribution in [0.5, 0.6) is 0 Å². The number of benzene rings is 2. The normalized spacial score (nSPS) is 18.7. The maximum absolute atomic E-state index is 12.9. The Kier molecular flexibility index (Phi) is 8.33. The number of hydrogen-bond acceptors (Lipinski definition) is 0. The summed E-state index contributed by atoms with van der Waals surface area (Å²) in [5, 5.41) is 0. The minimum atomic E-state index is -4.89. The molecule has 2 aliphatic rings. The predicted molar refractivity (Wildman–Crippen MR) is 119 cm³/mol. The SMILES string of the molecule is F[B-](F)(F)c1ccccc1[NH+]1CCCCC1.F[B-](F)(F)c1ccccc1[NH+]1CCCCC1. The fraction of sp³-hybridized carbons (Fsp3) is 0.455. The topological polar surface area (TPSA) is 8.88 Å². The van der Waals surface area contributed by atoms with Crippen molar-refractivity contribution in [1.29, 1.82) is 0 Å². The number of para-hydroxylation sites is 2. The van der Waals surface area contributed by atoms with Gasteiger partial charge in [-0.2, -0.15) is 0 Å². The third-order valence-corrected chi connectivity index (χ3v) is 6.30. The molecule has 2 heterocycles. The van der Waals surface area contributed by atoms with Crippen LogP contribution < -0.4 is 20.7 Å². The second-order valence-electron chi connectivity index (χ2n) is 8.65. The molecule has 0 spiro atoms. The first-order chi connectivity index (χ1) is 15.2. The summed E-state index contributed by atoms with van der Waals surface area (Å²) >= 11 is 0. The number of quaternary nitrogens is 2. The standard InChI is InChI=1S/2C11H14BF3N/c2*13-12(14,15)10-6-2-3-7-11(10)16-8-4-1-5-9-16/h2*2-3,6-7H,1,4-5,8-9H2/q2*-1/p+2. The fourth-order valence-electron chi connectivity index (χ4n) is 4.70. The molecule has 2 fully saturated rings. The van der Waals surface area contributed by atoms with Gasteiger partial charge in [0.2, 0.25) is 0 Å². The summed E-state index contributed by atoms with van der Waals surface area (Å²) in [7, 11) is 0. The molecule has 0 bridgehead atoms. The van der Waals surface area contributed by atoms with Gasteiger partial charge in [0, 0.05) is 0 Å². The first-order valence-electron chi connectivity index (χ1n) is 11.5. The Hall–Kier alpha value is -1.93. The molecule has 4 rings (SSSR count). The van der Waals surface area contributed by atoms with Crippen LogP contribution in [0.4, 0.5) is 37.3 Å². The molecule has 0 aliphatic carbocycles. The molecule has 176 valence electrons. The summed E-state index contributed by atoms with van der Waals surface area (Å²) in [4.78, 5) is 1.97. The van der Waals surface area contributed by atoms with E-state index in [1.807, 2.05) is 0 Å². The van der Waals surface area contributed by atoms with Gasteiger partial charge in [-0.15, -0.1) is 0 Å². The first-order valence-corrected chi connectivity index (χ1v) is 11.5. The molecule has 2 N–H and O–H groups in total. The molecule has 0 atom stereocenters. The van der Waals surface area contributed by atoms with Crippen molar-refractivity contribution in [3.8, 4) is 0 Å². The number of piperidine rings is 2. The molecule has 0 radical (unpaired) electrons. The Labute approximate surface area is 185 Å². The number of rotatable bonds is 4. The predicted octanol–water partition coefficient (Wildman–Crippen LogP) is 2.88. The molecule has 2 aromatic rings. The quantitative estimate of drug-likeness (QED) is 0.516. The monoisotopic (exact) mass is 458 g/mol. The van der Waals surface area contributed by atoms with Gasteiger partial charge in [0.25, 0.3) is 0 Å². The van der Waals surface area contributed by atoms with E-state index in [9.17, 15) is 25.9 Å². The molecular formula is C22H30B2F6N2.